The van der Waals surface area contributed by atoms with Gasteiger partial charge < -0.3 is 9.30 Å². The normalized spacial score (nSPS) is 10.9. The van der Waals surface area contributed by atoms with Crippen LogP contribution in [0.3, 0.4) is 0 Å². The van der Waals surface area contributed by atoms with E-state index in [9.17, 15) is 9.18 Å². The molecule has 3 aromatic rings. The minimum absolute atomic E-state index is 0.225. The third-order valence-electron chi connectivity index (χ3n) is 3.78. The van der Waals surface area contributed by atoms with Gasteiger partial charge in [0, 0.05) is 23.6 Å². The van der Waals surface area contributed by atoms with Gasteiger partial charge in [-0.1, -0.05) is 30.3 Å². The lowest BCUT2D eigenvalue weighted by molar-refractivity contribution is -0.142. The van der Waals surface area contributed by atoms with Crippen LogP contribution in [0.4, 0.5) is 4.39 Å². The summed E-state index contributed by atoms with van der Waals surface area (Å²) in [4.78, 5) is 11.8. The Balaban J connectivity index is 1.94. The molecule has 1 heterocycles. The lowest BCUT2D eigenvalue weighted by Gasteiger charge is -2.05. The van der Waals surface area contributed by atoms with Crippen molar-refractivity contribution in [2.24, 2.45) is 0 Å². The molecule has 0 saturated heterocycles. The molecular formula is C19H18FNO2. The number of carbonyl (C=O) groups excluding carboxylic acids is 1. The Hall–Kier alpha value is -2.62. The number of hydrogen-bond acceptors (Lipinski definition) is 2. The van der Waals surface area contributed by atoms with Crippen molar-refractivity contribution in [3.63, 3.8) is 0 Å². The fourth-order valence-electron chi connectivity index (χ4n) is 2.75. The predicted molar refractivity (Wildman–Crippen MR) is 87.8 cm³/mol. The lowest BCUT2D eigenvalue weighted by Crippen LogP contribution is -2.07. The number of aromatic nitrogens is 1. The van der Waals surface area contributed by atoms with E-state index in [0.717, 1.165) is 22.0 Å². The summed E-state index contributed by atoms with van der Waals surface area (Å²) in [6.07, 6.45) is 2.23. The molecule has 1 aromatic heterocycles. The van der Waals surface area contributed by atoms with E-state index in [1.807, 2.05) is 30.5 Å². The Morgan fingerprint density at radius 2 is 1.87 bits per heavy atom. The van der Waals surface area contributed by atoms with Crippen molar-refractivity contribution >= 4 is 16.9 Å². The van der Waals surface area contributed by atoms with Crippen molar-refractivity contribution in [2.45, 2.75) is 19.9 Å². The van der Waals surface area contributed by atoms with E-state index in [1.165, 1.54) is 12.1 Å². The third kappa shape index (κ3) is 3.42. The molecule has 0 unspecified atom stereocenters. The van der Waals surface area contributed by atoms with Gasteiger partial charge in [0.25, 0.3) is 0 Å². The predicted octanol–water partition coefficient (Wildman–Crippen LogP) is 3.93. The van der Waals surface area contributed by atoms with E-state index in [4.69, 9.17) is 4.74 Å². The summed E-state index contributed by atoms with van der Waals surface area (Å²) in [5.41, 5.74) is 3.01. The van der Waals surface area contributed by atoms with E-state index in [0.29, 0.717) is 13.2 Å². The van der Waals surface area contributed by atoms with Crippen LogP contribution in [0.2, 0.25) is 0 Å². The number of ether oxygens (including phenoxy) is 1. The molecule has 0 spiro atoms. The van der Waals surface area contributed by atoms with Crippen LogP contribution >= 0.6 is 0 Å². The van der Waals surface area contributed by atoms with Crippen LogP contribution < -0.4 is 0 Å². The zero-order valence-electron chi connectivity index (χ0n) is 13.0. The number of nitrogens with zero attached hydrogens (tertiary/aromatic N) is 1. The van der Waals surface area contributed by atoms with Crippen molar-refractivity contribution in [3.8, 4) is 0 Å². The number of carbonyl (C=O) groups is 1. The first kappa shape index (κ1) is 15.3. The van der Waals surface area contributed by atoms with Crippen LogP contribution in [-0.2, 0) is 22.5 Å². The van der Waals surface area contributed by atoms with Crippen molar-refractivity contribution in [2.75, 3.05) is 6.61 Å². The van der Waals surface area contributed by atoms with Crippen LogP contribution in [0.5, 0.6) is 0 Å². The minimum atomic E-state index is -0.242. The first-order chi connectivity index (χ1) is 11.2. The summed E-state index contributed by atoms with van der Waals surface area (Å²) in [7, 11) is 0. The second-order valence-corrected chi connectivity index (χ2v) is 5.41. The number of para-hydroxylation sites is 1. The van der Waals surface area contributed by atoms with Crippen molar-refractivity contribution < 1.29 is 13.9 Å². The van der Waals surface area contributed by atoms with Crippen LogP contribution in [0, 0.1) is 5.82 Å². The zero-order chi connectivity index (χ0) is 16.2. The van der Waals surface area contributed by atoms with Gasteiger partial charge in [0.15, 0.2) is 0 Å². The molecule has 4 heteroatoms. The van der Waals surface area contributed by atoms with E-state index in [1.54, 1.807) is 19.1 Å². The molecule has 0 aliphatic heterocycles. The summed E-state index contributed by atoms with van der Waals surface area (Å²) >= 11 is 0. The quantitative estimate of drug-likeness (QED) is 0.668. The zero-order valence-corrected chi connectivity index (χ0v) is 13.0. The average molecular weight is 311 g/mol. The standard InChI is InChI=1S/C19H18FNO2/c1-2-23-19(22)11-15-13-21(18-6-4-3-5-17(15)18)12-14-7-9-16(20)10-8-14/h3-10,13H,2,11-12H2,1H3. The Bertz CT molecular complexity index is 821. The molecule has 0 aliphatic carbocycles. The summed E-state index contributed by atoms with van der Waals surface area (Å²) < 4.78 is 20.2. The van der Waals surface area contributed by atoms with E-state index in [2.05, 4.69) is 4.57 Å². The van der Waals surface area contributed by atoms with Crippen LogP contribution in [0.1, 0.15) is 18.1 Å². The second kappa shape index (κ2) is 6.65. The lowest BCUT2D eigenvalue weighted by atomic mass is 10.1. The van der Waals surface area contributed by atoms with Gasteiger partial charge >= 0.3 is 5.97 Å². The van der Waals surface area contributed by atoms with E-state index in [-0.39, 0.29) is 18.2 Å². The molecule has 0 aliphatic rings. The Labute approximate surface area is 134 Å². The fourth-order valence-corrected chi connectivity index (χ4v) is 2.75. The first-order valence-corrected chi connectivity index (χ1v) is 7.64. The van der Waals surface area contributed by atoms with E-state index < -0.39 is 0 Å². The minimum Gasteiger partial charge on any atom is -0.466 e. The van der Waals surface area contributed by atoms with Gasteiger partial charge in [-0.3, -0.25) is 4.79 Å². The van der Waals surface area contributed by atoms with Gasteiger partial charge in [0.05, 0.1) is 13.0 Å². The molecule has 23 heavy (non-hydrogen) atoms. The molecule has 3 nitrogen and oxygen atoms in total. The largest absolute Gasteiger partial charge is 0.466 e. The number of benzene rings is 2. The van der Waals surface area contributed by atoms with Crippen molar-refractivity contribution in [1.29, 1.82) is 0 Å². The number of rotatable bonds is 5. The summed E-state index contributed by atoms with van der Waals surface area (Å²) in [5.74, 6) is -0.466. The Kier molecular flexibility index (Phi) is 4.42. The molecule has 0 fully saturated rings. The fraction of sp³-hybridized carbons (Fsp3) is 0.211. The van der Waals surface area contributed by atoms with Gasteiger partial charge in [-0.25, -0.2) is 4.39 Å². The molecule has 0 amide bonds. The second-order valence-electron chi connectivity index (χ2n) is 5.41. The number of halogens is 1. The maximum absolute atomic E-state index is 13.0. The average Bonchev–Trinajstić information content (AvgIpc) is 2.88. The molecule has 0 radical (unpaired) electrons. The number of hydrogen-bond donors (Lipinski definition) is 0. The number of fused-ring (bicyclic) bond motifs is 1. The maximum atomic E-state index is 13.0. The highest BCUT2D eigenvalue weighted by molar-refractivity contribution is 5.88. The highest BCUT2D eigenvalue weighted by atomic mass is 19.1. The maximum Gasteiger partial charge on any atom is 0.310 e. The van der Waals surface area contributed by atoms with Crippen molar-refractivity contribution in [1.82, 2.24) is 4.57 Å². The van der Waals surface area contributed by atoms with Gasteiger partial charge in [0.1, 0.15) is 5.82 Å². The van der Waals surface area contributed by atoms with Gasteiger partial charge in [0.2, 0.25) is 0 Å². The Morgan fingerprint density at radius 1 is 1.13 bits per heavy atom. The van der Waals surface area contributed by atoms with Crippen LogP contribution in [0.25, 0.3) is 10.9 Å². The SMILES string of the molecule is CCOC(=O)Cc1cn(Cc2ccc(F)cc2)c2ccccc12. The van der Waals surface area contributed by atoms with Crippen LogP contribution in [0.15, 0.2) is 54.7 Å². The smallest absolute Gasteiger partial charge is 0.310 e. The van der Waals surface area contributed by atoms with Crippen LogP contribution in [-0.4, -0.2) is 17.1 Å². The molecule has 2 aromatic carbocycles. The molecule has 0 N–H and O–H groups in total. The third-order valence-corrected chi connectivity index (χ3v) is 3.78. The monoisotopic (exact) mass is 311 g/mol. The van der Waals surface area contributed by atoms with Gasteiger partial charge in [-0.15, -0.1) is 0 Å². The molecular weight excluding hydrogens is 293 g/mol. The molecule has 118 valence electrons. The molecule has 3 rings (SSSR count). The van der Waals surface area contributed by atoms with Crippen molar-refractivity contribution in [3.05, 3.63) is 71.7 Å². The summed E-state index contributed by atoms with van der Waals surface area (Å²) in [5, 5.41) is 1.04. The molecule has 0 saturated carbocycles. The topological polar surface area (TPSA) is 31.2 Å². The molecule has 0 atom stereocenters. The number of esters is 1. The van der Waals surface area contributed by atoms with Gasteiger partial charge in [-0.2, -0.15) is 0 Å². The first-order valence-electron chi connectivity index (χ1n) is 7.64. The highest BCUT2D eigenvalue weighted by Crippen LogP contribution is 2.23. The van der Waals surface area contributed by atoms with E-state index >= 15 is 0 Å². The van der Waals surface area contributed by atoms with Gasteiger partial charge in [-0.05, 0) is 36.2 Å². The summed E-state index contributed by atoms with van der Waals surface area (Å²) in [6.45, 7) is 2.81. The molecule has 0 bridgehead atoms. The highest BCUT2D eigenvalue weighted by Gasteiger charge is 2.12. The Morgan fingerprint density at radius 3 is 2.61 bits per heavy atom. The summed E-state index contributed by atoms with van der Waals surface area (Å²) in [6, 6.07) is 14.4.